The third kappa shape index (κ3) is 3.75. The van der Waals surface area contributed by atoms with Gasteiger partial charge in [-0.3, -0.25) is 9.89 Å². The summed E-state index contributed by atoms with van der Waals surface area (Å²) < 4.78 is 0. The Kier molecular flexibility index (Phi) is 4.45. The Balaban J connectivity index is 1.80. The molecule has 0 unspecified atom stereocenters. The SMILES string of the molecule is CCCc1cc(C(=O)NCCc2nnc(N)s2)n[nH]1. The lowest BCUT2D eigenvalue weighted by Crippen LogP contribution is -2.26. The van der Waals surface area contributed by atoms with Gasteiger partial charge in [-0.1, -0.05) is 24.7 Å². The van der Waals surface area contributed by atoms with Crippen molar-refractivity contribution in [3.8, 4) is 0 Å². The Labute approximate surface area is 114 Å². The van der Waals surface area contributed by atoms with Gasteiger partial charge in [0.05, 0.1) is 0 Å². The molecule has 2 aromatic heterocycles. The van der Waals surface area contributed by atoms with E-state index in [0.717, 1.165) is 23.5 Å². The number of amides is 1. The Bertz CT molecular complexity index is 549. The molecule has 0 spiro atoms. The van der Waals surface area contributed by atoms with Crippen LogP contribution in [0.4, 0.5) is 5.13 Å². The number of nitrogens with two attached hydrogens (primary N) is 1. The third-order valence-corrected chi connectivity index (χ3v) is 3.30. The van der Waals surface area contributed by atoms with Crippen molar-refractivity contribution < 1.29 is 4.79 Å². The van der Waals surface area contributed by atoms with Gasteiger partial charge in [0.25, 0.3) is 5.91 Å². The van der Waals surface area contributed by atoms with E-state index in [9.17, 15) is 4.79 Å². The van der Waals surface area contributed by atoms with Crippen LogP contribution in [0.3, 0.4) is 0 Å². The average Bonchev–Trinajstić information content (AvgIpc) is 2.99. The molecule has 0 saturated carbocycles. The van der Waals surface area contributed by atoms with E-state index < -0.39 is 0 Å². The summed E-state index contributed by atoms with van der Waals surface area (Å²) in [5.74, 6) is -0.184. The topological polar surface area (TPSA) is 110 Å². The Morgan fingerprint density at radius 1 is 1.47 bits per heavy atom. The molecule has 2 heterocycles. The molecule has 0 saturated heterocycles. The predicted octanol–water partition coefficient (Wildman–Crippen LogP) is 0.768. The highest BCUT2D eigenvalue weighted by Gasteiger charge is 2.10. The van der Waals surface area contributed by atoms with Gasteiger partial charge in [0.15, 0.2) is 0 Å². The molecule has 0 aliphatic carbocycles. The van der Waals surface area contributed by atoms with E-state index >= 15 is 0 Å². The zero-order valence-electron chi connectivity index (χ0n) is 10.6. The number of carbonyl (C=O) groups excluding carboxylic acids is 1. The molecule has 0 aliphatic rings. The van der Waals surface area contributed by atoms with Gasteiger partial charge in [0.1, 0.15) is 10.7 Å². The van der Waals surface area contributed by atoms with Crippen molar-refractivity contribution in [3.63, 3.8) is 0 Å². The van der Waals surface area contributed by atoms with Crippen LogP contribution in [0.1, 0.15) is 34.5 Å². The fraction of sp³-hybridized carbons (Fsp3) is 0.455. The number of nitrogens with zero attached hydrogens (tertiary/aromatic N) is 3. The standard InChI is InChI=1S/C11H16N6OS/c1-2-3-7-6-8(15-14-7)10(18)13-5-4-9-16-17-11(12)19-9/h6H,2-5H2,1H3,(H2,12,17)(H,13,18)(H,14,15). The van der Waals surface area contributed by atoms with Crippen LogP contribution in [0.25, 0.3) is 0 Å². The first-order valence-corrected chi connectivity index (χ1v) is 6.91. The maximum absolute atomic E-state index is 11.8. The lowest BCUT2D eigenvalue weighted by Gasteiger charge is -1.99. The van der Waals surface area contributed by atoms with E-state index in [2.05, 4.69) is 32.6 Å². The fourth-order valence-corrected chi connectivity index (χ4v) is 2.23. The van der Waals surface area contributed by atoms with Gasteiger partial charge in [-0.05, 0) is 12.5 Å². The number of nitrogen functional groups attached to an aromatic ring is 1. The first-order chi connectivity index (χ1) is 9.19. The molecule has 4 N–H and O–H groups in total. The normalized spacial score (nSPS) is 10.6. The van der Waals surface area contributed by atoms with Crippen LogP contribution in [0.2, 0.25) is 0 Å². The zero-order valence-corrected chi connectivity index (χ0v) is 11.5. The van der Waals surface area contributed by atoms with Crippen LogP contribution in [-0.2, 0) is 12.8 Å². The van der Waals surface area contributed by atoms with E-state index in [1.807, 2.05) is 0 Å². The molecule has 102 valence electrons. The summed E-state index contributed by atoms with van der Waals surface area (Å²) in [5.41, 5.74) is 6.87. The second-order valence-corrected chi connectivity index (χ2v) is 5.16. The molecule has 7 nitrogen and oxygen atoms in total. The fourth-order valence-electron chi connectivity index (χ4n) is 1.62. The van der Waals surface area contributed by atoms with Gasteiger partial charge in [-0.2, -0.15) is 5.10 Å². The number of aromatic nitrogens is 4. The van der Waals surface area contributed by atoms with Crippen molar-refractivity contribution in [2.75, 3.05) is 12.3 Å². The molecule has 0 aliphatic heterocycles. The second kappa shape index (κ2) is 6.28. The van der Waals surface area contributed by atoms with Crippen molar-refractivity contribution >= 4 is 22.4 Å². The number of H-pyrrole nitrogens is 1. The lowest BCUT2D eigenvalue weighted by molar-refractivity contribution is 0.0949. The highest BCUT2D eigenvalue weighted by atomic mass is 32.1. The Morgan fingerprint density at radius 2 is 2.32 bits per heavy atom. The monoisotopic (exact) mass is 280 g/mol. The summed E-state index contributed by atoms with van der Waals surface area (Å²) in [6.45, 7) is 2.57. The first kappa shape index (κ1) is 13.5. The van der Waals surface area contributed by atoms with E-state index in [1.165, 1.54) is 11.3 Å². The molecule has 0 fully saturated rings. The minimum atomic E-state index is -0.184. The number of hydrogen-bond acceptors (Lipinski definition) is 6. The maximum Gasteiger partial charge on any atom is 0.271 e. The number of hydrogen-bond donors (Lipinski definition) is 3. The molecular weight excluding hydrogens is 264 g/mol. The van der Waals surface area contributed by atoms with Gasteiger partial charge < -0.3 is 11.1 Å². The van der Waals surface area contributed by atoms with Crippen LogP contribution in [-0.4, -0.2) is 32.8 Å². The third-order valence-electron chi connectivity index (χ3n) is 2.49. The van der Waals surface area contributed by atoms with E-state index in [4.69, 9.17) is 5.73 Å². The molecule has 8 heteroatoms. The molecule has 19 heavy (non-hydrogen) atoms. The highest BCUT2D eigenvalue weighted by molar-refractivity contribution is 7.15. The minimum absolute atomic E-state index is 0.184. The van der Waals surface area contributed by atoms with Gasteiger partial charge >= 0.3 is 0 Å². The molecular formula is C11H16N6OS. The van der Waals surface area contributed by atoms with Crippen molar-refractivity contribution in [3.05, 3.63) is 22.5 Å². The van der Waals surface area contributed by atoms with Crippen LogP contribution < -0.4 is 11.1 Å². The molecule has 1 amide bonds. The number of carbonyl (C=O) groups is 1. The minimum Gasteiger partial charge on any atom is -0.374 e. The molecule has 0 bridgehead atoms. The van der Waals surface area contributed by atoms with Crippen molar-refractivity contribution in [1.29, 1.82) is 0 Å². The van der Waals surface area contributed by atoms with Crippen LogP contribution >= 0.6 is 11.3 Å². The number of anilines is 1. The first-order valence-electron chi connectivity index (χ1n) is 6.09. The molecule has 2 aromatic rings. The van der Waals surface area contributed by atoms with Gasteiger partial charge in [-0.15, -0.1) is 10.2 Å². The number of rotatable bonds is 6. The highest BCUT2D eigenvalue weighted by Crippen LogP contribution is 2.10. The molecule has 0 aromatic carbocycles. The van der Waals surface area contributed by atoms with Gasteiger partial charge in [0, 0.05) is 18.7 Å². The Morgan fingerprint density at radius 3 is 3.00 bits per heavy atom. The van der Waals surface area contributed by atoms with Crippen molar-refractivity contribution in [2.24, 2.45) is 0 Å². The zero-order chi connectivity index (χ0) is 13.7. The van der Waals surface area contributed by atoms with Crippen molar-refractivity contribution in [1.82, 2.24) is 25.7 Å². The predicted molar refractivity (Wildman–Crippen MR) is 72.9 cm³/mol. The number of aromatic amines is 1. The van der Waals surface area contributed by atoms with Crippen LogP contribution in [0, 0.1) is 0 Å². The van der Waals surface area contributed by atoms with E-state index in [1.54, 1.807) is 6.07 Å². The summed E-state index contributed by atoms with van der Waals surface area (Å²) in [4.78, 5) is 11.8. The summed E-state index contributed by atoms with van der Waals surface area (Å²) in [6.07, 6.45) is 2.53. The summed E-state index contributed by atoms with van der Waals surface area (Å²) in [7, 11) is 0. The van der Waals surface area contributed by atoms with Crippen LogP contribution in [0.15, 0.2) is 6.07 Å². The van der Waals surface area contributed by atoms with Gasteiger partial charge in [-0.25, -0.2) is 0 Å². The molecule has 2 rings (SSSR count). The molecule has 0 atom stereocenters. The summed E-state index contributed by atoms with van der Waals surface area (Å²) >= 11 is 1.33. The summed E-state index contributed by atoms with van der Waals surface area (Å²) in [6, 6.07) is 1.78. The van der Waals surface area contributed by atoms with Crippen molar-refractivity contribution in [2.45, 2.75) is 26.2 Å². The molecule has 0 radical (unpaired) electrons. The quantitative estimate of drug-likeness (QED) is 0.724. The van der Waals surface area contributed by atoms with Gasteiger partial charge in [0.2, 0.25) is 5.13 Å². The van der Waals surface area contributed by atoms with Crippen LogP contribution in [0.5, 0.6) is 0 Å². The lowest BCUT2D eigenvalue weighted by atomic mass is 10.2. The Hall–Kier alpha value is -1.96. The second-order valence-electron chi connectivity index (χ2n) is 4.07. The summed E-state index contributed by atoms with van der Waals surface area (Å²) in [5, 5.41) is 18.5. The number of nitrogens with one attached hydrogen (secondary N) is 2. The van der Waals surface area contributed by atoms with E-state index in [-0.39, 0.29) is 5.91 Å². The largest absolute Gasteiger partial charge is 0.374 e. The van der Waals surface area contributed by atoms with E-state index in [0.29, 0.717) is 23.8 Å². The maximum atomic E-state index is 11.8. The average molecular weight is 280 g/mol. The smallest absolute Gasteiger partial charge is 0.271 e. The number of aryl methyl sites for hydroxylation is 1.